The summed E-state index contributed by atoms with van der Waals surface area (Å²) >= 11 is 0. The van der Waals surface area contributed by atoms with Gasteiger partial charge >= 0.3 is 0 Å². The van der Waals surface area contributed by atoms with E-state index < -0.39 is 0 Å². The molecule has 0 fully saturated rings. The van der Waals surface area contributed by atoms with Gasteiger partial charge < -0.3 is 5.73 Å². The molecule has 0 rings (SSSR count). The maximum absolute atomic E-state index is 7.59. The average Bonchev–Trinajstić information content (AvgIpc) is 2.26. The van der Waals surface area contributed by atoms with Crippen molar-refractivity contribution < 1.29 is 0 Å². The van der Waals surface area contributed by atoms with Crippen molar-refractivity contribution in [1.82, 2.24) is 0 Å². The zero-order valence-corrected chi connectivity index (χ0v) is 11.2. The van der Waals surface area contributed by atoms with E-state index in [9.17, 15) is 0 Å². The number of hydrogen-bond acceptors (Lipinski definition) is 1. The van der Waals surface area contributed by atoms with Crippen molar-refractivity contribution in [2.45, 2.75) is 78.1 Å². The maximum Gasteiger partial charge on any atom is 0.0936 e. The van der Waals surface area contributed by atoms with Gasteiger partial charge in [0.15, 0.2) is 0 Å². The molecule has 0 saturated heterocycles. The molecule has 96 valence electrons. The number of nitrogens with one attached hydrogen (secondary N) is 1. The van der Waals surface area contributed by atoms with Crippen molar-refractivity contribution in [3.63, 3.8) is 0 Å². The molecule has 3 N–H and O–H groups in total. The Hall–Kier alpha value is -0.530. The molecule has 0 unspecified atom stereocenters. The van der Waals surface area contributed by atoms with Crippen molar-refractivity contribution in [3.8, 4) is 0 Å². The van der Waals surface area contributed by atoms with Crippen LogP contribution in [0.3, 0.4) is 0 Å². The highest BCUT2D eigenvalue weighted by atomic mass is 14.7. The fourth-order valence-corrected chi connectivity index (χ4v) is 2.09. The van der Waals surface area contributed by atoms with Gasteiger partial charge in [-0.1, -0.05) is 65.2 Å². The van der Waals surface area contributed by atoms with Gasteiger partial charge in [0.2, 0.25) is 0 Å². The average molecular weight is 226 g/mol. The summed E-state index contributed by atoms with van der Waals surface area (Å²) < 4.78 is 0. The lowest BCUT2D eigenvalue weighted by Gasteiger charge is -2.14. The molecule has 0 amide bonds. The fraction of sp³-hybridized carbons (Fsp3) is 0.929. The third kappa shape index (κ3) is 8.75. The Kier molecular flexibility index (Phi) is 10.6. The highest BCUT2D eigenvalue weighted by Crippen LogP contribution is 2.18. The zero-order chi connectivity index (χ0) is 12.2. The van der Waals surface area contributed by atoms with Crippen molar-refractivity contribution in [2.24, 2.45) is 11.7 Å². The van der Waals surface area contributed by atoms with E-state index in [4.69, 9.17) is 11.1 Å². The molecule has 16 heavy (non-hydrogen) atoms. The second kappa shape index (κ2) is 11.0. The monoisotopic (exact) mass is 226 g/mol. The van der Waals surface area contributed by atoms with Crippen LogP contribution in [-0.2, 0) is 0 Å². The lowest BCUT2D eigenvalue weighted by Crippen LogP contribution is -2.22. The largest absolute Gasteiger partial charge is 0.387 e. The molecule has 0 radical (unpaired) electrons. The van der Waals surface area contributed by atoms with E-state index in [-0.39, 0.29) is 0 Å². The van der Waals surface area contributed by atoms with Gasteiger partial charge in [-0.3, -0.25) is 5.41 Å². The van der Waals surface area contributed by atoms with E-state index in [1.165, 1.54) is 51.4 Å². The second-order valence-corrected chi connectivity index (χ2v) is 4.85. The third-order valence-electron chi connectivity index (χ3n) is 3.25. The summed E-state index contributed by atoms with van der Waals surface area (Å²) in [5, 5.41) is 7.59. The maximum atomic E-state index is 7.59. The van der Waals surface area contributed by atoms with E-state index in [1.54, 1.807) is 0 Å². The molecule has 2 heteroatoms. The molecule has 0 saturated carbocycles. The van der Waals surface area contributed by atoms with Gasteiger partial charge in [-0.15, -0.1) is 0 Å². The van der Waals surface area contributed by atoms with E-state index in [2.05, 4.69) is 13.8 Å². The number of rotatable bonds is 11. The quantitative estimate of drug-likeness (QED) is 0.304. The van der Waals surface area contributed by atoms with Crippen LogP contribution in [-0.4, -0.2) is 5.84 Å². The Morgan fingerprint density at radius 3 is 1.62 bits per heavy atom. The lowest BCUT2D eigenvalue weighted by atomic mass is 9.93. The van der Waals surface area contributed by atoms with Crippen LogP contribution in [0.2, 0.25) is 0 Å². The highest BCUT2D eigenvalue weighted by molar-refractivity contribution is 5.79. The van der Waals surface area contributed by atoms with Crippen molar-refractivity contribution in [3.05, 3.63) is 0 Å². The molecule has 0 aromatic heterocycles. The first-order chi connectivity index (χ1) is 7.72. The lowest BCUT2D eigenvalue weighted by molar-refractivity contribution is 0.490. The normalized spacial score (nSPS) is 10.9. The van der Waals surface area contributed by atoms with Gasteiger partial charge in [-0.25, -0.2) is 0 Å². The zero-order valence-electron chi connectivity index (χ0n) is 11.2. The van der Waals surface area contributed by atoms with Crippen LogP contribution in [0.1, 0.15) is 78.1 Å². The number of nitrogens with two attached hydrogens (primary N) is 1. The van der Waals surface area contributed by atoms with Crippen LogP contribution in [0.5, 0.6) is 0 Å². The van der Waals surface area contributed by atoms with Gasteiger partial charge in [0, 0.05) is 5.92 Å². The Morgan fingerprint density at radius 1 is 0.875 bits per heavy atom. The van der Waals surface area contributed by atoms with Crippen molar-refractivity contribution in [1.29, 1.82) is 5.41 Å². The van der Waals surface area contributed by atoms with Gasteiger partial charge in [-0.2, -0.15) is 0 Å². The Morgan fingerprint density at radius 2 is 1.31 bits per heavy atom. The van der Waals surface area contributed by atoms with E-state index in [0.29, 0.717) is 11.8 Å². The van der Waals surface area contributed by atoms with Crippen LogP contribution < -0.4 is 5.73 Å². The summed E-state index contributed by atoms with van der Waals surface area (Å²) in [7, 11) is 0. The second-order valence-electron chi connectivity index (χ2n) is 4.85. The molecule has 0 heterocycles. The Bertz CT molecular complexity index is 154. The molecular weight excluding hydrogens is 196 g/mol. The van der Waals surface area contributed by atoms with Gasteiger partial charge in [-0.05, 0) is 12.8 Å². The van der Waals surface area contributed by atoms with Crippen molar-refractivity contribution >= 4 is 5.84 Å². The summed E-state index contributed by atoms with van der Waals surface area (Å²) in [5.41, 5.74) is 5.65. The van der Waals surface area contributed by atoms with Crippen LogP contribution in [0, 0.1) is 11.3 Å². The van der Waals surface area contributed by atoms with E-state index in [0.717, 1.165) is 12.8 Å². The van der Waals surface area contributed by atoms with Crippen molar-refractivity contribution in [2.75, 3.05) is 0 Å². The number of hydrogen-bond donors (Lipinski definition) is 2. The van der Waals surface area contributed by atoms with Gasteiger partial charge in [0.05, 0.1) is 5.84 Å². The van der Waals surface area contributed by atoms with Crippen LogP contribution in [0.15, 0.2) is 0 Å². The molecule has 0 aromatic rings. The predicted molar refractivity (Wildman–Crippen MR) is 72.9 cm³/mol. The smallest absolute Gasteiger partial charge is 0.0936 e. The standard InChI is InChI=1S/C14H30N2/c1-3-5-7-9-11-13(14(15)16)12-10-8-6-4-2/h13H,3-12H2,1-2H3,(H3,15,16). The molecule has 0 atom stereocenters. The Balaban J connectivity index is 3.59. The SMILES string of the molecule is CCCCCCC(CCCCCC)C(=N)N. The Labute approximate surface area is 102 Å². The summed E-state index contributed by atoms with van der Waals surface area (Å²) in [6, 6.07) is 0. The van der Waals surface area contributed by atoms with E-state index in [1.807, 2.05) is 0 Å². The number of amidine groups is 1. The molecule has 0 bridgehead atoms. The van der Waals surface area contributed by atoms with Crippen LogP contribution in [0.4, 0.5) is 0 Å². The van der Waals surface area contributed by atoms with E-state index >= 15 is 0 Å². The first-order valence-electron chi connectivity index (χ1n) is 7.06. The summed E-state index contributed by atoms with van der Waals surface area (Å²) in [4.78, 5) is 0. The molecule has 0 aliphatic heterocycles. The molecular formula is C14H30N2. The molecule has 2 nitrogen and oxygen atoms in total. The summed E-state index contributed by atoms with van der Waals surface area (Å²) in [6.45, 7) is 4.46. The molecule has 0 aliphatic carbocycles. The fourth-order valence-electron chi connectivity index (χ4n) is 2.09. The predicted octanol–water partition coefficient (Wildman–Crippen LogP) is 4.48. The third-order valence-corrected chi connectivity index (χ3v) is 3.25. The summed E-state index contributed by atoms with van der Waals surface area (Å²) in [6.07, 6.45) is 12.5. The highest BCUT2D eigenvalue weighted by Gasteiger charge is 2.10. The van der Waals surface area contributed by atoms with Crippen LogP contribution >= 0.6 is 0 Å². The van der Waals surface area contributed by atoms with Gasteiger partial charge in [0.25, 0.3) is 0 Å². The molecule has 0 aliphatic rings. The molecule has 0 aromatic carbocycles. The first-order valence-corrected chi connectivity index (χ1v) is 7.06. The van der Waals surface area contributed by atoms with Gasteiger partial charge in [0.1, 0.15) is 0 Å². The minimum absolute atomic E-state index is 0.355. The molecule has 0 spiro atoms. The first kappa shape index (κ1) is 15.5. The number of unbranched alkanes of at least 4 members (excludes halogenated alkanes) is 6. The minimum Gasteiger partial charge on any atom is -0.387 e. The minimum atomic E-state index is 0.355. The topological polar surface area (TPSA) is 49.9 Å². The summed E-state index contributed by atoms with van der Waals surface area (Å²) in [5.74, 6) is 0.765. The van der Waals surface area contributed by atoms with Crippen LogP contribution in [0.25, 0.3) is 0 Å².